The lowest BCUT2D eigenvalue weighted by Gasteiger charge is -2.30. The van der Waals surface area contributed by atoms with Gasteiger partial charge in [-0.25, -0.2) is 0 Å². The highest BCUT2D eigenvalue weighted by Gasteiger charge is 2.26. The molecule has 2 nitrogen and oxygen atoms in total. The zero-order valence-corrected chi connectivity index (χ0v) is 14.1. The average molecular weight is 314 g/mol. The molecule has 1 unspecified atom stereocenters. The highest BCUT2D eigenvalue weighted by atomic mass is 35.5. The fraction of sp³-hybridized carbons (Fsp3) is 0.625. The van der Waals surface area contributed by atoms with Crippen molar-refractivity contribution in [2.24, 2.45) is 0 Å². The minimum atomic E-state index is 0.233. The van der Waals surface area contributed by atoms with Crippen LogP contribution in [-0.4, -0.2) is 30.2 Å². The first-order chi connectivity index (χ1) is 9.62. The molecule has 0 aromatic heterocycles. The second kappa shape index (κ2) is 7.06. The molecule has 0 saturated carbocycles. The zero-order chi connectivity index (χ0) is 14.6. The summed E-state index contributed by atoms with van der Waals surface area (Å²) in [5.41, 5.74) is 1.23. The largest absolute Gasteiger partial charge is 0.488 e. The molecule has 0 amide bonds. The van der Waals surface area contributed by atoms with Gasteiger partial charge in [-0.1, -0.05) is 25.4 Å². The molecule has 1 aromatic carbocycles. The number of hydrogen-bond acceptors (Lipinski definition) is 3. The molecule has 1 aliphatic rings. The number of nitrogens with one attached hydrogen (secondary N) is 1. The smallest absolute Gasteiger partial charge is 0.123 e. The molecule has 0 aliphatic carbocycles. The Bertz CT molecular complexity index is 440. The topological polar surface area (TPSA) is 21.3 Å². The maximum Gasteiger partial charge on any atom is 0.123 e. The third-order valence-corrected chi connectivity index (χ3v) is 6.13. The van der Waals surface area contributed by atoms with Crippen LogP contribution in [0.2, 0.25) is 5.02 Å². The van der Waals surface area contributed by atoms with Crippen LogP contribution < -0.4 is 10.1 Å². The summed E-state index contributed by atoms with van der Waals surface area (Å²) in [6.45, 7) is 6.48. The average Bonchev–Trinajstić information content (AvgIpc) is 2.86. The van der Waals surface area contributed by atoms with Gasteiger partial charge in [0.05, 0.1) is 0 Å². The summed E-state index contributed by atoms with van der Waals surface area (Å²) in [5, 5.41) is 4.38. The van der Waals surface area contributed by atoms with Crippen molar-refractivity contribution < 1.29 is 4.74 Å². The summed E-state index contributed by atoms with van der Waals surface area (Å²) in [5.74, 6) is 0.989. The van der Waals surface area contributed by atoms with E-state index in [1.54, 1.807) is 0 Å². The van der Waals surface area contributed by atoms with Gasteiger partial charge in [0, 0.05) is 29.3 Å². The monoisotopic (exact) mass is 313 g/mol. The van der Waals surface area contributed by atoms with Crippen molar-refractivity contribution in [2.45, 2.75) is 44.0 Å². The van der Waals surface area contributed by atoms with E-state index in [0.29, 0.717) is 4.75 Å². The fourth-order valence-corrected chi connectivity index (χ4v) is 3.74. The molecular formula is C16H24ClNOS. The number of hydrogen-bond donors (Lipinski definition) is 1. The summed E-state index contributed by atoms with van der Waals surface area (Å²) in [7, 11) is 0. The quantitative estimate of drug-likeness (QED) is 0.817. The number of halogens is 1. The van der Waals surface area contributed by atoms with Crippen LogP contribution in [0.1, 0.15) is 32.3 Å². The van der Waals surface area contributed by atoms with Crippen LogP contribution in [0.3, 0.4) is 0 Å². The maximum absolute atomic E-state index is 6.02. The van der Waals surface area contributed by atoms with E-state index < -0.39 is 0 Å². The number of benzene rings is 1. The number of ether oxygens (including phenoxy) is 1. The first-order valence-electron chi connectivity index (χ1n) is 7.33. The summed E-state index contributed by atoms with van der Waals surface area (Å²) in [4.78, 5) is 0. The second-order valence-electron chi connectivity index (χ2n) is 5.42. The van der Waals surface area contributed by atoms with Gasteiger partial charge >= 0.3 is 0 Å². The van der Waals surface area contributed by atoms with Crippen LogP contribution in [-0.2, 0) is 6.42 Å². The molecule has 4 heteroatoms. The van der Waals surface area contributed by atoms with Crippen molar-refractivity contribution in [3.05, 3.63) is 28.8 Å². The van der Waals surface area contributed by atoms with Gasteiger partial charge in [0.1, 0.15) is 11.9 Å². The van der Waals surface area contributed by atoms with Crippen molar-refractivity contribution in [3.8, 4) is 5.75 Å². The van der Waals surface area contributed by atoms with Crippen LogP contribution in [0.25, 0.3) is 0 Å². The molecule has 1 heterocycles. The van der Waals surface area contributed by atoms with Crippen molar-refractivity contribution >= 4 is 23.4 Å². The summed E-state index contributed by atoms with van der Waals surface area (Å²) >= 11 is 7.99. The second-order valence-corrected chi connectivity index (χ2v) is 7.13. The summed E-state index contributed by atoms with van der Waals surface area (Å²) in [6, 6.07) is 5.88. The first kappa shape index (κ1) is 16.0. The van der Waals surface area contributed by atoms with Gasteiger partial charge < -0.3 is 10.1 Å². The third-order valence-electron chi connectivity index (χ3n) is 4.30. The van der Waals surface area contributed by atoms with Gasteiger partial charge in [0.2, 0.25) is 0 Å². The van der Waals surface area contributed by atoms with Crippen molar-refractivity contribution in [1.82, 2.24) is 5.32 Å². The van der Waals surface area contributed by atoms with Crippen molar-refractivity contribution in [1.29, 1.82) is 0 Å². The Morgan fingerprint density at radius 2 is 2.15 bits per heavy atom. The minimum absolute atomic E-state index is 0.233. The predicted octanol–water partition coefficient (Wildman–Crippen LogP) is 4.15. The van der Waals surface area contributed by atoms with Crippen molar-refractivity contribution in [3.63, 3.8) is 0 Å². The van der Waals surface area contributed by atoms with E-state index in [9.17, 15) is 0 Å². The van der Waals surface area contributed by atoms with E-state index in [-0.39, 0.29) is 6.10 Å². The van der Waals surface area contributed by atoms with Gasteiger partial charge in [-0.3, -0.25) is 0 Å². The molecule has 1 atom stereocenters. The number of thioether (sulfide) groups is 1. The van der Waals surface area contributed by atoms with Gasteiger partial charge in [-0.2, -0.15) is 11.8 Å². The van der Waals surface area contributed by atoms with Crippen LogP contribution in [0.5, 0.6) is 5.75 Å². The molecule has 2 rings (SSSR count). The lowest BCUT2D eigenvalue weighted by Crippen LogP contribution is -2.40. The van der Waals surface area contributed by atoms with Gasteiger partial charge in [0.25, 0.3) is 0 Å². The maximum atomic E-state index is 6.02. The van der Waals surface area contributed by atoms with Gasteiger partial charge in [0.15, 0.2) is 0 Å². The first-order valence-corrected chi connectivity index (χ1v) is 8.93. The Morgan fingerprint density at radius 3 is 2.80 bits per heavy atom. The van der Waals surface area contributed by atoms with E-state index in [1.165, 1.54) is 18.4 Å². The Balaban J connectivity index is 1.83. The molecule has 0 bridgehead atoms. The van der Waals surface area contributed by atoms with E-state index in [4.69, 9.17) is 16.3 Å². The molecule has 0 spiro atoms. The molecule has 20 heavy (non-hydrogen) atoms. The lowest BCUT2D eigenvalue weighted by atomic mass is 10.0. The highest BCUT2D eigenvalue weighted by Crippen LogP contribution is 2.32. The summed E-state index contributed by atoms with van der Waals surface area (Å²) in [6.07, 6.45) is 5.78. The Labute approximate surface area is 131 Å². The van der Waals surface area contributed by atoms with Crippen LogP contribution in [0.4, 0.5) is 0 Å². The van der Waals surface area contributed by atoms with Gasteiger partial charge in [-0.05, 0) is 42.9 Å². The molecule has 112 valence electrons. The fourth-order valence-electron chi connectivity index (χ4n) is 2.72. The summed E-state index contributed by atoms with van der Waals surface area (Å²) < 4.78 is 6.31. The standard InChI is InChI=1S/C16H24ClNOS/c1-4-16(5-2,20-3)11-18-10-14-9-12-8-13(17)6-7-15(12)19-14/h6-8,14,18H,4-5,9-11H2,1-3H3. The highest BCUT2D eigenvalue weighted by molar-refractivity contribution is 8.00. The number of rotatable bonds is 7. The SMILES string of the molecule is CCC(CC)(CNCC1Cc2cc(Cl)ccc2O1)SC. The zero-order valence-electron chi connectivity index (χ0n) is 12.5. The molecule has 1 aromatic rings. The van der Waals surface area contributed by atoms with Crippen molar-refractivity contribution in [2.75, 3.05) is 19.3 Å². The van der Waals surface area contributed by atoms with E-state index in [1.807, 2.05) is 30.0 Å². The van der Waals surface area contributed by atoms with Crippen LogP contribution in [0.15, 0.2) is 18.2 Å². The molecule has 0 saturated heterocycles. The van der Waals surface area contributed by atoms with Crippen LogP contribution >= 0.6 is 23.4 Å². The molecule has 0 fully saturated rings. The van der Waals surface area contributed by atoms with Gasteiger partial charge in [-0.15, -0.1) is 0 Å². The van der Waals surface area contributed by atoms with E-state index in [0.717, 1.165) is 30.3 Å². The molecule has 1 aliphatic heterocycles. The predicted molar refractivity (Wildman–Crippen MR) is 89.3 cm³/mol. The third kappa shape index (κ3) is 3.63. The number of fused-ring (bicyclic) bond motifs is 1. The minimum Gasteiger partial charge on any atom is -0.488 e. The molecular weight excluding hydrogens is 290 g/mol. The molecule has 1 N–H and O–H groups in total. The van der Waals surface area contributed by atoms with E-state index >= 15 is 0 Å². The Hall–Kier alpha value is -0.380. The normalized spacial score (nSPS) is 17.9. The lowest BCUT2D eigenvalue weighted by molar-refractivity contribution is 0.225. The Morgan fingerprint density at radius 1 is 1.40 bits per heavy atom. The van der Waals surface area contributed by atoms with Crippen LogP contribution in [0, 0.1) is 0 Å². The van der Waals surface area contributed by atoms with E-state index in [2.05, 4.69) is 25.4 Å². The molecule has 0 radical (unpaired) electrons. The Kier molecular flexibility index (Phi) is 5.65.